The second kappa shape index (κ2) is 13.8. The molecule has 2 aromatic heterocycles. The van der Waals surface area contributed by atoms with Gasteiger partial charge < -0.3 is 30.0 Å². The molecule has 2 aromatic rings. The summed E-state index contributed by atoms with van der Waals surface area (Å²) in [6.45, 7) is 11.2. The Hall–Kier alpha value is -3.67. The van der Waals surface area contributed by atoms with Crippen molar-refractivity contribution in [3.63, 3.8) is 0 Å². The van der Waals surface area contributed by atoms with Crippen molar-refractivity contribution >= 4 is 35.2 Å². The van der Waals surface area contributed by atoms with E-state index in [1.807, 2.05) is 41.5 Å². The first-order valence-electron chi connectivity index (χ1n) is 16.5. The molecular weight excluding hydrogens is 624 g/mol. The molecule has 4 amide bonds. The van der Waals surface area contributed by atoms with Crippen molar-refractivity contribution in [2.45, 2.75) is 122 Å². The van der Waals surface area contributed by atoms with Gasteiger partial charge in [-0.2, -0.15) is 0 Å². The van der Waals surface area contributed by atoms with E-state index in [4.69, 9.17) is 20.8 Å². The quantitative estimate of drug-likeness (QED) is 0.282. The number of urea groups is 1. The van der Waals surface area contributed by atoms with Crippen molar-refractivity contribution in [2.75, 3.05) is 6.54 Å². The highest BCUT2D eigenvalue weighted by molar-refractivity contribution is 6.30. The van der Waals surface area contributed by atoms with Crippen LogP contribution in [0.4, 0.5) is 4.79 Å². The molecule has 12 nitrogen and oxygen atoms in total. The maximum Gasteiger partial charge on any atom is 0.315 e. The molecule has 0 radical (unpaired) electrons. The van der Waals surface area contributed by atoms with Crippen LogP contribution >= 0.6 is 11.6 Å². The van der Waals surface area contributed by atoms with Gasteiger partial charge >= 0.3 is 6.03 Å². The Balaban J connectivity index is 1.38. The highest BCUT2D eigenvalue weighted by atomic mass is 35.5. The van der Waals surface area contributed by atoms with E-state index in [0.29, 0.717) is 34.9 Å². The van der Waals surface area contributed by atoms with E-state index in [-0.39, 0.29) is 24.6 Å². The molecule has 1 aliphatic heterocycles. The molecule has 3 fully saturated rings. The number of aromatic nitrogens is 2. The zero-order valence-electron chi connectivity index (χ0n) is 28.1. The number of nitrogens with one attached hydrogen (secondary N) is 3. The number of Topliss-reactive ketones (excluding diaryl/α,β-unsaturated/α-hetero) is 1. The van der Waals surface area contributed by atoms with E-state index in [1.54, 1.807) is 18.3 Å². The summed E-state index contributed by atoms with van der Waals surface area (Å²) in [5.41, 5.74) is -1.22. The Bertz CT molecular complexity index is 1460. The van der Waals surface area contributed by atoms with Crippen LogP contribution in [0.5, 0.6) is 5.88 Å². The number of carbonyl (C=O) groups is 4. The molecule has 2 saturated carbocycles. The lowest BCUT2D eigenvalue weighted by Gasteiger charge is -2.36. The summed E-state index contributed by atoms with van der Waals surface area (Å²) in [4.78, 5) is 65.0. The van der Waals surface area contributed by atoms with Gasteiger partial charge in [-0.1, -0.05) is 51.6 Å². The Morgan fingerprint density at radius 1 is 1.02 bits per heavy atom. The van der Waals surface area contributed by atoms with Gasteiger partial charge in [0.05, 0.1) is 23.8 Å². The number of carbonyl (C=O) groups excluding carboxylic acids is 4. The van der Waals surface area contributed by atoms with E-state index >= 15 is 0 Å². The molecule has 13 heteroatoms. The second-order valence-electron chi connectivity index (χ2n) is 15.2. The van der Waals surface area contributed by atoms with Crippen molar-refractivity contribution in [2.24, 2.45) is 11.3 Å². The number of hydrogen-bond acceptors (Lipinski definition) is 8. The van der Waals surface area contributed by atoms with Crippen LogP contribution in [0.15, 0.2) is 28.9 Å². The van der Waals surface area contributed by atoms with Crippen molar-refractivity contribution in [3.8, 4) is 5.88 Å². The Labute approximate surface area is 281 Å². The minimum absolute atomic E-state index is 0.00671. The summed E-state index contributed by atoms with van der Waals surface area (Å²) in [5.74, 6) is 0.299. The number of rotatable bonds is 11. The molecule has 0 aromatic carbocycles. The first-order valence-corrected chi connectivity index (χ1v) is 16.9. The van der Waals surface area contributed by atoms with E-state index in [9.17, 15) is 19.2 Å². The summed E-state index contributed by atoms with van der Waals surface area (Å²) in [6.07, 6.45) is 8.15. The van der Waals surface area contributed by atoms with Gasteiger partial charge in [-0.05, 0) is 57.4 Å². The number of halogens is 1. The first-order chi connectivity index (χ1) is 22.1. The van der Waals surface area contributed by atoms with Gasteiger partial charge in [0.1, 0.15) is 23.9 Å². The molecule has 3 aliphatic rings. The molecule has 4 atom stereocenters. The zero-order chi connectivity index (χ0) is 34.1. The maximum atomic E-state index is 14.3. The van der Waals surface area contributed by atoms with Crippen LogP contribution in [-0.4, -0.2) is 74.8 Å². The van der Waals surface area contributed by atoms with E-state index in [1.165, 1.54) is 11.1 Å². The van der Waals surface area contributed by atoms with Crippen molar-refractivity contribution in [1.82, 2.24) is 30.8 Å². The molecule has 1 saturated heterocycles. The fourth-order valence-corrected chi connectivity index (χ4v) is 6.08. The second-order valence-corrected chi connectivity index (χ2v) is 15.7. The smallest absolute Gasteiger partial charge is 0.315 e. The predicted octanol–water partition coefficient (Wildman–Crippen LogP) is 5.02. The van der Waals surface area contributed by atoms with Gasteiger partial charge in [0.2, 0.25) is 23.5 Å². The maximum absolute atomic E-state index is 14.3. The fraction of sp³-hybridized carbons (Fsp3) is 0.647. The third-order valence-electron chi connectivity index (χ3n) is 8.85. The zero-order valence-corrected chi connectivity index (χ0v) is 28.9. The van der Waals surface area contributed by atoms with Crippen molar-refractivity contribution in [1.29, 1.82) is 0 Å². The van der Waals surface area contributed by atoms with E-state index in [0.717, 1.165) is 32.1 Å². The average molecular weight is 671 g/mol. The third-order valence-corrected chi connectivity index (χ3v) is 9.08. The Morgan fingerprint density at radius 2 is 1.74 bits per heavy atom. The van der Waals surface area contributed by atoms with Crippen LogP contribution in [0.2, 0.25) is 5.02 Å². The molecule has 3 heterocycles. The summed E-state index contributed by atoms with van der Waals surface area (Å²) in [5, 5.41) is 9.10. The number of likely N-dealkylation sites (tertiary alicyclic amines) is 1. The number of pyridine rings is 1. The monoisotopic (exact) mass is 670 g/mol. The predicted molar refractivity (Wildman–Crippen MR) is 175 cm³/mol. The number of amides is 4. The number of hydrogen-bond donors (Lipinski definition) is 3. The molecule has 3 N–H and O–H groups in total. The Morgan fingerprint density at radius 3 is 2.32 bits per heavy atom. The van der Waals surface area contributed by atoms with Crippen LogP contribution in [0, 0.1) is 11.3 Å². The summed E-state index contributed by atoms with van der Waals surface area (Å²) in [7, 11) is 0. The van der Waals surface area contributed by atoms with Gasteiger partial charge in [0.15, 0.2) is 0 Å². The molecule has 5 rings (SSSR count). The van der Waals surface area contributed by atoms with Gasteiger partial charge in [-0.15, -0.1) is 0 Å². The van der Waals surface area contributed by atoms with Crippen LogP contribution in [0.3, 0.4) is 0 Å². The number of ketones is 1. The molecule has 0 spiro atoms. The lowest BCUT2D eigenvalue weighted by Crippen LogP contribution is -2.61. The molecular formula is C34H47ClN6O6. The standard InChI is InChI=1S/C34H47ClN6O6/c1-33(2,3)28(39-32(45)40-34(4,5)6)31(44)41-18-22(46-26-13-12-21(35)16-36-26)15-24(41)29(43)38-23(14-19-8-7-9-19)27(42)30-37-17-25(47-30)20-10-11-20/h12-13,16-17,19-20,22-24,28H,7-11,14-15,18H2,1-6H3,(H,38,43)(H2,39,40,45)/t22-,23?,24+,28-/m1/s1. The average Bonchev–Trinajstić information content (AvgIpc) is 3.53. The summed E-state index contributed by atoms with van der Waals surface area (Å²) in [6, 6.07) is -0.0201. The molecule has 256 valence electrons. The van der Waals surface area contributed by atoms with Crippen LogP contribution in [0.25, 0.3) is 0 Å². The van der Waals surface area contributed by atoms with Gasteiger partial charge in [0.25, 0.3) is 5.89 Å². The van der Waals surface area contributed by atoms with Crippen LogP contribution in [-0.2, 0) is 9.59 Å². The number of nitrogens with zero attached hydrogens (tertiary/aromatic N) is 3. The molecule has 0 bridgehead atoms. The summed E-state index contributed by atoms with van der Waals surface area (Å²) < 4.78 is 11.9. The highest BCUT2D eigenvalue weighted by Crippen LogP contribution is 2.40. The number of ether oxygens (including phenoxy) is 1. The Kier molecular flexibility index (Phi) is 10.2. The number of oxazole rings is 1. The largest absolute Gasteiger partial charge is 0.472 e. The minimum Gasteiger partial charge on any atom is -0.472 e. The normalized spacial score (nSPS) is 21.4. The highest BCUT2D eigenvalue weighted by Gasteiger charge is 2.47. The van der Waals surface area contributed by atoms with Crippen LogP contribution in [0.1, 0.15) is 109 Å². The molecule has 2 aliphatic carbocycles. The minimum atomic E-state index is -0.972. The van der Waals surface area contributed by atoms with E-state index in [2.05, 4.69) is 25.9 Å². The van der Waals surface area contributed by atoms with Gasteiger partial charge in [-0.25, -0.2) is 14.8 Å². The van der Waals surface area contributed by atoms with E-state index < -0.39 is 53.0 Å². The molecule has 1 unspecified atom stereocenters. The van der Waals surface area contributed by atoms with Crippen molar-refractivity contribution < 1.29 is 28.3 Å². The van der Waals surface area contributed by atoms with Gasteiger partial charge in [-0.3, -0.25) is 14.4 Å². The SMILES string of the molecule is CC(C)(C)NC(=O)N[C@H](C(=O)N1C[C@H](Oc2ccc(Cl)cn2)C[C@H]1C(=O)NC(CC1CCC1)C(=O)c1ncc(C2CC2)o1)C(C)(C)C. The lowest BCUT2D eigenvalue weighted by atomic mass is 9.80. The van der Waals surface area contributed by atoms with Crippen molar-refractivity contribution in [3.05, 3.63) is 41.2 Å². The van der Waals surface area contributed by atoms with Crippen LogP contribution < -0.4 is 20.7 Å². The lowest BCUT2D eigenvalue weighted by molar-refractivity contribution is -0.142. The molecule has 47 heavy (non-hydrogen) atoms. The van der Waals surface area contributed by atoms with Gasteiger partial charge in [0, 0.05) is 30.1 Å². The summed E-state index contributed by atoms with van der Waals surface area (Å²) >= 11 is 6.00. The topological polar surface area (TPSA) is 156 Å². The fourth-order valence-electron chi connectivity index (χ4n) is 5.97. The first kappa shape index (κ1) is 34.7. The third kappa shape index (κ3) is 9.03.